The zero-order valence-electron chi connectivity index (χ0n) is 14.7. The lowest BCUT2D eigenvalue weighted by atomic mass is 10.0. The molecule has 0 saturated heterocycles. The summed E-state index contributed by atoms with van der Waals surface area (Å²) in [5.41, 5.74) is -0.375. The van der Waals surface area contributed by atoms with Crippen LogP contribution in [0.4, 0.5) is 26.3 Å². The van der Waals surface area contributed by atoms with Gasteiger partial charge in [0.1, 0.15) is 12.0 Å². The molecule has 0 aliphatic carbocycles. The van der Waals surface area contributed by atoms with Gasteiger partial charge in [-0.3, -0.25) is 4.79 Å². The second-order valence-corrected chi connectivity index (χ2v) is 5.94. The zero-order chi connectivity index (χ0) is 22.0. The van der Waals surface area contributed by atoms with Gasteiger partial charge in [-0.1, -0.05) is 5.16 Å². The third-order valence-electron chi connectivity index (χ3n) is 3.88. The number of carbonyl (C=O) groups is 1. The van der Waals surface area contributed by atoms with Crippen molar-refractivity contribution in [1.29, 1.82) is 0 Å². The van der Waals surface area contributed by atoms with E-state index in [0.717, 1.165) is 4.68 Å². The molecule has 0 spiro atoms. The van der Waals surface area contributed by atoms with Crippen LogP contribution in [0.1, 0.15) is 28.1 Å². The van der Waals surface area contributed by atoms with Crippen LogP contribution in [-0.2, 0) is 30.5 Å². The number of rotatable bonds is 2. The highest BCUT2D eigenvalue weighted by molar-refractivity contribution is 5.73. The van der Waals surface area contributed by atoms with E-state index >= 15 is 0 Å². The van der Waals surface area contributed by atoms with Gasteiger partial charge in [0, 0.05) is 23.2 Å². The van der Waals surface area contributed by atoms with E-state index in [0.29, 0.717) is 17.8 Å². The number of aryl methyl sites for hydroxylation is 1. The summed E-state index contributed by atoms with van der Waals surface area (Å²) in [6.45, 7) is 2.01. The summed E-state index contributed by atoms with van der Waals surface area (Å²) < 4.78 is 76.9. The first-order valence-corrected chi connectivity index (χ1v) is 7.93. The lowest BCUT2D eigenvalue weighted by Crippen LogP contribution is -2.38. The largest absolute Gasteiger partial charge is 0.490 e. The van der Waals surface area contributed by atoms with Gasteiger partial charge < -0.3 is 14.9 Å². The van der Waals surface area contributed by atoms with E-state index in [2.05, 4.69) is 15.6 Å². The maximum absolute atomic E-state index is 13.2. The summed E-state index contributed by atoms with van der Waals surface area (Å²) in [5.74, 6) is -2.76. The molecule has 0 saturated carbocycles. The summed E-state index contributed by atoms with van der Waals surface area (Å²) in [5, 5.41) is 17.2. The van der Waals surface area contributed by atoms with Gasteiger partial charge in [-0.05, 0) is 19.9 Å². The monoisotopic (exact) mass is 428 g/mol. The van der Waals surface area contributed by atoms with E-state index in [1.54, 1.807) is 6.92 Å². The molecule has 0 unspecified atom stereocenters. The highest BCUT2D eigenvalue weighted by Gasteiger charge is 2.39. The molecule has 29 heavy (non-hydrogen) atoms. The maximum atomic E-state index is 13.2. The predicted molar refractivity (Wildman–Crippen MR) is 82.9 cm³/mol. The van der Waals surface area contributed by atoms with Crippen LogP contribution < -0.4 is 10.9 Å². The van der Waals surface area contributed by atoms with Gasteiger partial charge in [0.2, 0.25) is 0 Å². The molecule has 0 radical (unpaired) electrons. The smallest absolute Gasteiger partial charge is 0.475 e. The Morgan fingerprint density at radius 2 is 1.90 bits per heavy atom. The number of halogens is 6. The summed E-state index contributed by atoms with van der Waals surface area (Å²) in [6, 6.07) is 0. The van der Waals surface area contributed by atoms with Gasteiger partial charge in [0.15, 0.2) is 5.69 Å². The Kier molecular flexibility index (Phi) is 6.35. The molecule has 160 valence electrons. The highest BCUT2D eigenvalue weighted by atomic mass is 19.4. The van der Waals surface area contributed by atoms with E-state index in [9.17, 15) is 31.1 Å². The Balaban J connectivity index is 0.000000370. The van der Waals surface area contributed by atoms with Crippen molar-refractivity contribution in [2.45, 2.75) is 38.8 Å². The number of fused-ring (bicyclic) bond motifs is 1. The lowest BCUT2D eigenvalue weighted by molar-refractivity contribution is -0.192. The molecule has 0 fully saturated rings. The number of aromatic nitrogens is 3. The molecule has 0 bridgehead atoms. The molecule has 8 nitrogen and oxygen atoms in total. The highest BCUT2D eigenvalue weighted by Crippen LogP contribution is 2.31. The first kappa shape index (κ1) is 22.4. The average molecular weight is 428 g/mol. The third-order valence-corrected chi connectivity index (χ3v) is 3.88. The van der Waals surface area contributed by atoms with Crippen LogP contribution in [0.25, 0.3) is 0 Å². The van der Waals surface area contributed by atoms with Gasteiger partial charge in [0.25, 0.3) is 5.56 Å². The summed E-state index contributed by atoms with van der Waals surface area (Å²) in [7, 11) is 0. The number of nitrogens with zero attached hydrogens (tertiary/aromatic N) is 3. The minimum atomic E-state index is -5.08. The van der Waals surface area contributed by atoms with E-state index in [-0.39, 0.29) is 30.6 Å². The van der Waals surface area contributed by atoms with Crippen LogP contribution in [-0.4, -0.2) is 38.7 Å². The molecule has 2 aromatic rings. The molecule has 2 aromatic heterocycles. The van der Waals surface area contributed by atoms with Crippen molar-refractivity contribution in [3.05, 3.63) is 44.7 Å². The number of nitrogens with one attached hydrogen (secondary N) is 1. The minimum Gasteiger partial charge on any atom is -0.475 e. The quantitative estimate of drug-likeness (QED) is 0.703. The molecular weight excluding hydrogens is 414 g/mol. The molecule has 3 rings (SSSR count). The van der Waals surface area contributed by atoms with Gasteiger partial charge in [0.05, 0.1) is 6.54 Å². The molecule has 0 amide bonds. The topological polar surface area (TPSA) is 110 Å². The Morgan fingerprint density at radius 1 is 1.28 bits per heavy atom. The maximum Gasteiger partial charge on any atom is 0.490 e. The van der Waals surface area contributed by atoms with E-state index < -0.39 is 29.6 Å². The third kappa shape index (κ3) is 5.34. The molecule has 2 N–H and O–H groups in total. The second-order valence-electron chi connectivity index (χ2n) is 5.94. The van der Waals surface area contributed by atoms with Crippen molar-refractivity contribution in [2.75, 3.05) is 6.54 Å². The first-order valence-electron chi connectivity index (χ1n) is 7.93. The normalized spacial score (nSPS) is 14.0. The van der Waals surface area contributed by atoms with Gasteiger partial charge in [-0.25, -0.2) is 9.48 Å². The van der Waals surface area contributed by atoms with Crippen LogP contribution in [0.3, 0.4) is 0 Å². The van der Waals surface area contributed by atoms with Crippen molar-refractivity contribution in [1.82, 2.24) is 20.3 Å². The van der Waals surface area contributed by atoms with Gasteiger partial charge >= 0.3 is 18.3 Å². The molecule has 0 aromatic carbocycles. The molecule has 1 aliphatic heterocycles. The summed E-state index contributed by atoms with van der Waals surface area (Å²) in [4.78, 5) is 21.3. The van der Waals surface area contributed by atoms with Crippen LogP contribution in [0, 0.1) is 6.92 Å². The fourth-order valence-corrected chi connectivity index (χ4v) is 2.47. The standard InChI is InChI=1S/C13H13F3N4O2.C2HF3O2/c1-7-6-22-19-10(7)5-20-12(21)8-2-3-17-4-9(8)11(18-20)13(14,15)16;3-2(4,5)1(6)7/h6,17H,2-5H2,1H3;(H,6,7). The van der Waals surface area contributed by atoms with Crippen LogP contribution in [0.15, 0.2) is 15.6 Å². The molecule has 14 heteroatoms. The molecule has 3 heterocycles. The van der Waals surface area contributed by atoms with Gasteiger partial charge in [-0.15, -0.1) is 0 Å². The number of alkyl halides is 6. The van der Waals surface area contributed by atoms with Crippen molar-refractivity contribution < 1.29 is 40.8 Å². The molecule has 1 aliphatic rings. The fraction of sp³-hybridized carbons (Fsp3) is 0.467. The van der Waals surface area contributed by atoms with Crippen molar-refractivity contribution in [2.24, 2.45) is 0 Å². The van der Waals surface area contributed by atoms with E-state index in [4.69, 9.17) is 14.4 Å². The van der Waals surface area contributed by atoms with Crippen molar-refractivity contribution >= 4 is 5.97 Å². The number of aliphatic carboxylic acids is 1. The Hall–Kier alpha value is -2.90. The number of hydrogen-bond donors (Lipinski definition) is 2. The predicted octanol–water partition coefficient (Wildman–Crippen LogP) is 1.89. The Bertz CT molecular complexity index is 948. The van der Waals surface area contributed by atoms with Crippen molar-refractivity contribution in [3.8, 4) is 0 Å². The number of carboxylic acid groups (broad SMARTS) is 1. The molecule has 0 atom stereocenters. The SMILES string of the molecule is Cc1conc1Cn1nc(C(F)(F)F)c2c(c1=O)CCNC2.O=C(O)C(F)(F)F. The summed E-state index contributed by atoms with van der Waals surface area (Å²) in [6.07, 6.45) is -8.08. The second kappa shape index (κ2) is 8.23. The first-order chi connectivity index (χ1) is 13.3. The van der Waals surface area contributed by atoms with Crippen LogP contribution in [0.2, 0.25) is 0 Å². The minimum absolute atomic E-state index is 0.00373. The zero-order valence-corrected chi connectivity index (χ0v) is 14.7. The summed E-state index contributed by atoms with van der Waals surface area (Å²) >= 11 is 0. The van der Waals surface area contributed by atoms with E-state index in [1.165, 1.54) is 6.26 Å². The number of carboxylic acids is 1. The molecular formula is C15H14F6N4O4. The number of hydrogen-bond acceptors (Lipinski definition) is 6. The van der Waals surface area contributed by atoms with Gasteiger partial charge in [-0.2, -0.15) is 31.4 Å². The van der Waals surface area contributed by atoms with Crippen LogP contribution in [0.5, 0.6) is 0 Å². The van der Waals surface area contributed by atoms with Crippen molar-refractivity contribution in [3.63, 3.8) is 0 Å². The van der Waals surface area contributed by atoms with E-state index in [1.807, 2.05) is 0 Å². The average Bonchev–Trinajstić information content (AvgIpc) is 3.01. The fourth-order valence-electron chi connectivity index (χ4n) is 2.47. The Labute approximate surface area is 158 Å². The lowest BCUT2D eigenvalue weighted by Gasteiger charge is -2.21. The Morgan fingerprint density at radius 3 is 2.38 bits per heavy atom. The van der Waals surface area contributed by atoms with Crippen LogP contribution >= 0.6 is 0 Å².